The fourth-order valence-electron chi connectivity index (χ4n) is 4.05. The van der Waals surface area contributed by atoms with Crippen molar-refractivity contribution >= 4 is 28.9 Å². The molecule has 164 valence electrons. The molecule has 2 amide bonds. The van der Waals surface area contributed by atoms with Gasteiger partial charge in [0.05, 0.1) is 23.4 Å². The van der Waals surface area contributed by atoms with Crippen LogP contribution in [0.4, 0.5) is 10.6 Å². The number of aromatic amines is 1. The minimum Gasteiger partial charge on any atom is -0.465 e. The Morgan fingerprint density at radius 1 is 1.35 bits per heavy atom. The van der Waals surface area contributed by atoms with Crippen LogP contribution in [-0.4, -0.2) is 80.6 Å². The van der Waals surface area contributed by atoms with E-state index >= 15 is 0 Å². The molecule has 1 aliphatic heterocycles. The van der Waals surface area contributed by atoms with Crippen molar-refractivity contribution in [3.63, 3.8) is 0 Å². The van der Waals surface area contributed by atoms with Crippen molar-refractivity contribution in [2.75, 3.05) is 38.1 Å². The molecule has 10 heteroatoms. The minimum atomic E-state index is -0.995. The molecule has 0 bridgehead atoms. The summed E-state index contributed by atoms with van der Waals surface area (Å²) in [4.78, 5) is 40.0. The van der Waals surface area contributed by atoms with E-state index in [-0.39, 0.29) is 18.5 Å². The first kappa shape index (κ1) is 20.9. The van der Waals surface area contributed by atoms with Crippen molar-refractivity contribution in [2.45, 2.75) is 37.6 Å². The second kappa shape index (κ2) is 8.41. The number of carbonyl (C=O) groups excluding carboxylic acids is 1. The molecule has 2 aliphatic carbocycles. The standard InChI is InChI=1S/C16H19N5O.C5H8N2O2/c22-15(11-1-2-11)21-8-7-20(9-16(21)4-5-16)14-12-3-6-17-13(12)18-10-19-14;1-7(5(8)9)4-2-3-6/h3,6,10-11H,1-2,4-5,7-9H2,(H,17,18,19);2,4H2,1H3,(H,8,9). The molecule has 31 heavy (non-hydrogen) atoms. The van der Waals surface area contributed by atoms with Crippen LogP contribution in [0.1, 0.15) is 32.1 Å². The molecule has 3 fully saturated rings. The Labute approximate surface area is 180 Å². The van der Waals surface area contributed by atoms with Gasteiger partial charge in [0, 0.05) is 45.3 Å². The van der Waals surface area contributed by atoms with E-state index in [0.29, 0.717) is 11.8 Å². The zero-order valence-corrected chi connectivity index (χ0v) is 17.6. The zero-order chi connectivity index (χ0) is 22.0. The maximum absolute atomic E-state index is 12.5. The summed E-state index contributed by atoms with van der Waals surface area (Å²) >= 11 is 0. The van der Waals surface area contributed by atoms with Gasteiger partial charge in [0.1, 0.15) is 17.8 Å². The van der Waals surface area contributed by atoms with Crippen molar-refractivity contribution in [1.29, 1.82) is 5.26 Å². The molecule has 3 heterocycles. The molecule has 0 atom stereocenters. The largest absolute Gasteiger partial charge is 0.465 e. The first-order valence-corrected chi connectivity index (χ1v) is 10.6. The molecule has 2 N–H and O–H groups in total. The van der Waals surface area contributed by atoms with E-state index in [1.807, 2.05) is 18.3 Å². The van der Waals surface area contributed by atoms with Crippen LogP contribution in [0.2, 0.25) is 0 Å². The van der Waals surface area contributed by atoms with Gasteiger partial charge in [0.2, 0.25) is 5.91 Å². The van der Waals surface area contributed by atoms with Gasteiger partial charge in [0.25, 0.3) is 0 Å². The highest BCUT2D eigenvalue weighted by atomic mass is 16.4. The second-order valence-electron chi connectivity index (χ2n) is 8.46. The number of fused-ring (bicyclic) bond motifs is 1. The van der Waals surface area contributed by atoms with Crippen LogP contribution in [0.3, 0.4) is 0 Å². The van der Waals surface area contributed by atoms with E-state index in [1.165, 1.54) is 7.05 Å². The van der Waals surface area contributed by atoms with E-state index < -0.39 is 6.09 Å². The molecule has 2 aromatic rings. The third-order valence-electron chi connectivity index (χ3n) is 6.19. The van der Waals surface area contributed by atoms with Gasteiger partial charge < -0.3 is 24.8 Å². The topological polar surface area (TPSA) is 129 Å². The lowest BCUT2D eigenvalue weighted by atomic mass is 10.1. The number of hydrogen-bond acceptors (Lipinski definition) is 6. The van der Waals surface area contributed by atoms with Gasteiger partial charge in [-0.15, -0.1) is 0 Å². The van der Waals surface area contributed by atoms with Gasteiger partial charge in [-0.3, -0.25) is 4.79 Å². The van der Waals surface area contributed by atoms with E-state index in [2.05, 4.69) is 24.8 Å². The van der Waals surface area contributed by atoms with E-state index in [1.54, 1.807) is 6.33 Å². The summed E-state index contributed by atoms with van der Waals surface area (Å²) in [6.45, 7) is 2.87. The van der Waals surface area contributed by atoms with Gasteiger partial charge in [-0.2, -0.15) is 5.26 Å². The maximum atomic E-state index is 12.5. The molecule has 0 aromatic carbocycles. The molecule has 10 nitrogen and oxygen atoms in total. The number of nitriles is 1. The molecule has 0 unspecified atom stereocenters. The molecular formula is C21H27N7O3. The van der Waals surface area contributed by atoms with Gasteiger partial charge in [-0.1, -0.05) is 0 Å². The number of H-pyrrole nitrogens is 1. The second-order valence-corrected chi connectivity index (χ2v) is 8.46. The summed E-state index contributed by atoms with van der Waals surface area (Å²) in [5.41, 5.74) is 0.956. The summed E-state index contributed by atoms with van der Waals surface area (Å²) in [5, 5.41) is 17.3. The number of carbonyl (C=O) groups is 2. The zero-order valence-electron chi connectivity index (χ0n) is 17.6. The Balaban J connectivity index is 0.000000221. The van der Waals surface area contributed by atoms with Crippen LogP contribution >= 0.6 is 0 Å². The Morgan fingerprint density at radius 3 is 2.77 bits per heavy atom. The number of rotatable bonds is 4. The van der Waals surface area contributed by atoms with Gasteiger partial charge in [-0.05, 0) is 31.7 Å². The number of hydrogen-bond donors (Lipinski definition) is 2. The third-order valence-corrected chi connectivity index (χ3v) is 6.19. The van der Waals surface area contributed by atoms with E-state index in [0.717, 1.165) is 67.1 Å². The Kier molecular flexibility index (Phi) is 5.67. The van der Waals surface area contributed by atoms with Crippen LogP contribution in [0, 0.1) is 17.2 Å². The molecular weight excluding hydrogens is 398 g/mol. The normalized spacial score (nSPS) is 18.8. The third kappa shape index (κ3) is 4.40. The molecule has 5 rings (SSSR count). The maximum Gasteiger partial charge on any atom is 0.407 e. The Hall–Kier alpha value is -3.35. The number of piperazine rings is 1. The van der Waals surface area contributed by atoms with Gasteiger partial charge in [-0.25, -0.2) is 14.8 Å². The van der Waals surface area contributed by atoms with Crippen molar-refractivity contribution < 1.29 is 14.7 Å². The van der Waals surface area contributed by atoms with Crippen molar-refractivity contribution in [3.05, 3.63) is 18.6 Å². The molecule has 1 spiro atoms. The molecule has 2 aromatic heterocycles. The average Bonchev–Trinajstić information content (AvgIpc) is 3.70. The molecule has 2 saturated carbocycles. The Morgan fingerprint density at radius 2 is 2.13 bits per heavy atom. The van der Waals surface area contributed by atoms with E-state index in [4.69, 9.17) is 10.4 Å². The van der Waals surface area contributed by atoms with Gasteiger partial charge >= 0.3 is 6.09 Å². The highest BCUT2D eigenvalue weighted by Gasteiger charge is 2.55. The molecule has 1 saturated heterocycles. The van der Waals surface area contributed by atoms with Crippen molar-refractivity contribution in [3.8, 4) is 6.07 Å². The quantitative estimate of drug-likeness (QED) is 0.767. The first-order valence-electron chi connectivity index (χ1n) is 10.6. The highest BCUT2D eigenvalue weighted by molar-refractivity contribution is 5.88. The van der Waals surface area contributed by atoms with Crippen LogP contribution in [0.25, 0.3) is 11.0 Å². The number of nitrogens with zero attached hydrogens (tertiary/aromatic N) is 6. The first-order chi connectivity index (χ1) is 14.9. The van der Waals surface area contributed by atoms with Crippen molar-refractivity contribution in [1.82, 2.24) is 24.8 Å². The summed E-state index contributed by atoms with van der Waals surface area (Å²) in [6, 6.07) is 3.88. The minimum absolute atomic E-state index is 0.0749. The number of anilines is 1. The molecule has 3 aliphatic rings. The number of aromatic nitrogens is 3. The fraction of sp³-hybridized carbons (Fsp3) is 0.571. The Bertz CT molecular complexity index is 1010. The predicted molar refractivity (Wildman–Crippen MR) is 113 cm³/mol. The van der Waals surface area contributed by atoms with Crippen molar-refractivity contribution in [2.24, 2.45) is 5.92 Å². The monoisotopic (exact) mass is 425 g/mol. The van der Waals surface area contributed by atoms with E-state index in [9.17, 15) is 9.59 Å². The smallest absolute Gasteiger partial charge is 0.407 e. The fourth-order valence-corrected chi connectivity index (χ4v) is 4.05. The molecule has 0 radical (unpaired) electrons. The number of amides is 2. The lowest BCUT2D eigenvalue weighted by Gasteiger charge is -2.43. The summed E-state index contributed by atoms with van der Waals surface area (Å²) in [5.74, 6) is 1.71. The SMILES string of the molecule is CN(CCC#N)C(=O)O.O=C(C1CC1)N1CCN(c2ncnc3[nH]ccc23)CC12CC2. The van der Waals surface area contributed by atoms with Crippen LogP contribution < -0.4 is 4.90 Å². The predicted octanol–water partition coefficient (Wildman–Crippen LogP) is 2.06. The van der Waals surface area contributed by atoms with Crippen LogP contribution in [0.5, 0.6) is 0 Å². The van der Waals surface area contributed by atoms with Crippen LogP contribution in [-0.2, 0) is 4.79 Å². The lowest BCUT2D eigenvalue weighted by Crippen LogP contribution is -2.57. The average molecular weight is 425 g/mol. The summed E-state index contributed by atoms with van der Waals surface area (Å²) < 4.78 is 0. The highest BCUT2D eigenvalue weighted by Crippen LogP contribution is 2.47. The van der Waals surface area contributed by atoms with Gasteiger partial charge in [0.15, 0.2) is 0 Å². The number of carboxylic acid groups (broad SMARTS) is 1. The summed E-state index contributed by atoms with van der Waals surface area (Å²) in [7, 11) is 1.43. The summed E-state index contributed by atoms with van der Waals surface area (Å²) in [6.07, 6.45) is 7.22. The lowest BCUT2D eigenvalue weighted by molar-refractivity contribution is -0.136. The number of nitrogens with one attached hydrogen (secondary N) is 1. The van der Waals surface area contributed by atoms with Crippen LogP contribution in [0.15, 0.2) is 18.6 Å².